The Hall–Kier alpha value is -3.62. The molecule has 0 aliphatic carbocycles. The Morgan fingerprint density at radius 3 is 1.51 bits per heavy atom. The lowest BCUT2D eigenvalue weighted by Gasteiger charge is -2.34. The molecular formula is C25H36N4O10. The zero-order chi connectivity index (χ0) is 28.9. The maximum Gasteiger partial charge on any atom is 0.320 e. The van der Waals surface area contributed by atoms with Crippen molar-refractivity contribution in [1.82, 2.24) is 19.7 Å². The standard InChI is InChI=1S/C25H36N4O10/c30-21(31)5-2-10-27-11-13-28(19(24(36)37)6-8-22(32)33)15-17-3-1-4-18(26-17)16-29(14-12-27)20(25(38)39)7-9-23(34)35/h1,3-4,19-20H,2,5-16H2,(H,30,31)(H,32,33)(H,34,35)(H,36,37)(H,38,39). The Bertz CT molecular complexity index is 955. The molecule has 0 fully saturated rings. The molecule has 2 bridgehead atoms. The summed E-state index contributed by atoms with van der Waals surface area (Å²) in [5, 5.41) is 47.0. The van der Waals surface area contributed by atoms with Gasteiger partial charge in [0.05, 0.1) is 11.4 Å². The first kappa shape index (κ1) is 31.6. The number of carboxylic acid groups (broad SMARTS) is 5. The van der Waals surface area contributed by atoms with Gasteiger partial charge in [-0.15, -0.1) is 0 Å². The normalized spacial score (nSPS) is 17.3. The summed E-state index contributed by atoms with van der Waals surface area (Å²) in [7, 11) is 0. The Balaban J connectivity index is 2.40. The van der Waals surface area contributed by atoms with Gasteiger partial charge in [0.1, 0.15) is 12.1 Å². The van der Waals surface area contributed by atoms with E-state index in [1.165, 1.54) is 0 Å². The molecule has 0 amide bonds. The second-order valence-corrected chi connectivity index (χ2v) is 9.47. The van der Waals surface area contributed by atoms with Gasteiger partial charge in [0.25, 0.3) is 0 Å². The smallest absolute Gasteiger partial charge is 0.320 e. The SMILES string of the molecule is O=C(O)CCCN1CCN(C(CCC(=O)O)C(=O)O)Cc2cccc(n2)CN(C(CCC(=O)O)C(=O)O)CC1. The highest BCUT2D eigenvalue weighted by Crippen LogP contribution is 2.17. The predicted octanol–water partition coefficient (Wildman–Crippen LogP) is 0.502. The molecule has 14 nitrogen and oxygen atoms in total. The third kappa shape index (κ3) is 11.3. The van der Waals surface area contributed by atoms with E-state index in [0.29, 0.717) is 37.4 Å². The highest BCUT2D eigenvalue weighted by molar-refractivity contribution is 5.75. The predicted molar refractivity (Wildman–Crippen MR) is 135 cm³/mol. The number of carbonyl (C=O) groups is 5. The second-order valence-electron chi connectivity index (χ2n) is 9.47. The molecule has 14 heteroatoms. The van der Waals surface area contributed by atoms with Gasteiger partial charge in [-0.3, -0.25) is 38.8 Å². The zero-order valence-electron chi connectivity index (χ0n) is 21.6. The van der Waals surface area contributed by atoms with Crippen LogP contribution in [0.2, 0.25) is 0 Å². The van der Waals surface area contributed by atoms with Crippen molar-refractivity contribution in [2.75, 3.05) is 32.7 Å². The van der Waals surface area contributed by atoms with Gasteiger partial charge >= 0.3 is 29.8 Å². The summed E-state index contributed by atoms with van der Waals surface area (Å²) in [5.41, 5.74) is 1.04. The summed E-state index contributed by atoms with van der Waals surface area (Å²) >= 11 is 0. The van der Waals surface area contributed by atoms with Crippen LogP contribution >= 0.6 is 0 Å². The number of hydrogen-bond acceptors (Lipinski definition) is 9. The summed E-state index contributed by atoms with van der Waals surface area (Å²) in [6.45, 7) is 1.64. The lowest BCUT2D eigenvalue weighted by Crippen LogP contribution is -2.48. The summed E-state index contributed by atoms with van der Waals surface area (Å²) in [6.07, 6.45) is -0.637. The van der Waals surface area contributed by atoms with E-state index in [1.807, 2.05) is 4.90 Å². The number of nitrogens with zero attached hydrogens (tertiary/aromatic N) is 4. The lowest BCUT2D eigenvalue weighted by atomic mass is 10.1. The van der Waals surface area contributed by atoms with Gasteiger partial charge < -0.3 is 30.4 Å². The quantitative estimate of drug-likeness (QED) is 0.213. The molecule has 0 aromatic carbocycles. The minimum Gasteiger partial charge on any atom is -0.481 e. The molecule has 2 unspecified atom stereocenters. The first-order valence-corrected chi connectivity index (χ1v) is 12.7. The molecule has 2 heterocycles. The molecule has 5 N–H and O–H groups in total. The fraction of sp³-hybridized carbons (Fsp3) is 0.600. The van der Waals surface area contributed by atoms with Crippen molar-refractivity contribution < 1.29 is 49.5 Å². The van der Waals surface area contributed by atoms with E-state index >= 15 is 0 Å². The Labute approximate surface area is 225 Å². The molecule has 1 aliphatic rings. The van der Waals surface area contributed by atoms with Gasteiger partial charge in [-0.25, -0.2) is 0 Å². The summed E-state index contributed by atoms with van der Waals surface area (Å²) in [6, 6.07) is 2.95. The minimum atomic E-state index is -1.16. The van der Waals surface area contributed by atoms with E-state index in [0.717, 1.165) is 0 Å². The van der Waals surface area contributed by atoms with Crippen LogP contribution in [0.3, 0.4) is 0 Å². The number of carboxylic acids is 5. The average molecular weight is 553 g/mol. The van der Waals surface area contributed by atoms with Crippen molar-refractivity contribution in [2.45, 2.75) is 63.7 Å². The average Bonchev–Trinajstić information content (AvgIpc) is 2.83. The topological polar surface area (TPSA) is 209 Å². The summed E-state index contributed by atoms with van der Waals surface area (Å²) < 4.78 is 0. The molecule has 39 heavy (non-hydrogen) atoms. The van der Waals surface area contributed by atoms with E-state index in [-0.39, 0.29) is 58.3 Å². The van der Waals surface area contributed by atoms with Crippen LogP contribution in [0.15, 0.2) is 18.2 Å². The number of fused-ring (bicyclic) bond motifs is 2. The van der Waals surface area contributed by atoms with Crippen molar-refractivity contribution in [3.8, 4) is 0 Å². The molecule has 2 atom stereocenters. The fourth-order valence-electron chi connectivity index (χ4n) is 4.59. The van der Waals surface area contributed by atoms with Crippen LogP contribution in [0, 0.1) is 0 Å². The summed E-state index contributed by atoms with van der Waals surface area (Å²) in [5.74, 6) is -5.50. The van der Waals surface area contributed by atoms with Gasteiger partial charge in [-0.1, -0.05) is 6.07 Å². The van der Waals surface area contributed by atoms with Crippen molar-refractivity contribution >= 4 is 29.8 Å². The van der Waals surface area contributed by atoms with E-state index in [4.69, 9.17) is 15.3 Å². The van der Waals surface area contributed by atoms with Gasteiger partial charge in [0, 0.05) is 58.5 Å². The molecule has 0 spiro atoms. The maximum absolute atomic E-state index is 12.1. The fourth-order valence-corrected chi connectivity index (χ4v) is 4.59. The number of aliphatic carboxylic acids is 5. The van der Waals surface area contributed by atoms with Crippen LogP contribution in [0.4, 0.5) is 0 Å². The number of pyridine rings is 1. The van der Waals surface area contributed by atoms with E-state index in [9.17, 15) is 34.2 Å². The highest BCUT2D eigenvalue weighted by atomic mass is 16.4. The minimum absolute atomic E-state index is 0.0782. The van der Waals surface area contributed by atoms with Crippen LogP contribution in [0.1, 0.15) is 49.9 Å². The molecule has 1 aliphatic heterocycles. The Kier molecular flexibility index (Phi) is 12.7. The molecule has 1 aromatic heterocycles. The second kappa shape index (κ2) is 15.7. The van der Waals surface area contributed by atoms with E-state index in [2.05, 4.69) is 4.98 Å². The first-order valence-electron chi connectivity index (χ1n) is 12.7. The number of aromatic nitrogens is 1. The van der Waals surface area contributed by atoms with Crippen molar-refractivity contribution in [1.29, 1.82) is 0 Å². The van der Waals surface area contributed by atoms with Gasteiger partial charge in [-0.2, -0.15) is 0 Å². The molecule has 0 saturated heterocycles. The van der Waals surface area contributed by atoms with Crippen molar-refractivity contribution in [3.63, 3.8) is 0 Å². The summed E-state index contributed by atoms with van der Waals surface area (Å²) in [4.78, 5) is 67.3. The molecule has 0 radical (unpaired) electrons. The Morgan fingerprint density at radius 1 is 0.692 bits per heavy atom. The largest absolute Gasteiger partial charge is 0.481 e. The van der Waals surface area contributed by atoms with Crippen LogP contribution in [-0.4, -0.2) is 120 Å². The van der Waals surface area contributed by atoms with Gasteiger partial charge in [0.2, 0.25) is 0 Å². The Morgan fingerprint density at radius 2 is 1.13 bits per heavy atom. The molecule has 2 rings (SSSR count). The maximum atomic E-state index is 12.1. The van der Waals surface area contributed by atoms with Crippen LogP contribution in [-0.2, 0) is 37.1 Å². The third-order valence-corrected chi connectivity index (χ3v) is 6.58. The van der Waals surface area contributed by atoms with Crippen LogP contribution in [0.5, 0.6) is 0 Å². The van der Waals surface area contributed by atoms with Crippen molar-refractivity contribution in [3.05, 3.63) is 29.6 Å². The number of rotatable bonds is 14. The van der Waals surface area contributed by atoms with Gasteiger partial charge in [0.15, 0.2) is 0 Å². The van der Waals surface area contributed by atoms with E-state index in [1.54, 1.807) is 28.0 Å². The van der Waals surface area contributed by atoms with Gasteiger partial charge in [-0.05, 0) is 37.9 Å². The van der Waals surface area contributed by atoms with E-state index < -0.39 is 41.9 Å². The molecule has 1 aromatic rings. The molecule has 216 valence electrons. The molecule has 0 saturated carbocycles. The van der Waals surface area contributed by atoms with Crippen LogP contribution < -0.4 is 0 Å². The first-order chi connectivity index (χ1) is 18.5. The molecular weight excluding hydrogens is 516 g/mol. The highest BCUT2D eigenvalue weighted by Gasteiger charge is 2.30. The van der Waals surface area contributed by atoms with Crippen molar-refractivity contribution in [2.24, 2.45) is 0 Å². The third-order valence-electron chi connectivity index (χ3n) is 6.58. The monoisotopic (exact) mass is 552 g/mol. The van der Waals surface area contributed by atoms with Crippen LogP contribution in [0.25, 0.3) is 0 Å². The zero-order valence-corrected chi connectivity index (χ0v) is 21.6. The number of hydrogen-bond donors (Lipinski definition) is 5. The lowest BCUT2D eigenvalue weighted by molar-refractivity contribution is -0.146.